The molecule has 13 nitrogen and oxygen atoms in total. The van der Waals surface area contributed by atoms with Crippen molar-refractivity contribution in [2.75, 3.05) is 14.2 Å². The molecule has 54 heavy (non-hydrogen) atoms. The van der Waals surface area contributed by atoms with E-state index in [9.17, 15) is 39.3 Å². The van der Waals surface area contributed by atoms with Crippen molar-refractivity contribution in [1.29, 1.82) is 0 Å². The lowest BCUT2D eigenvalue weighted by molar-refractivity contribution is -0.384. The summed E-state index contributed by atoms with van der Waals surface area (Å²) >= 11 is 6.13. The minimum Gasteiger partial charge on any atom is -0.497 e. The van der Waals surface area contributed by atoms with Gasteiger partial charge in [0.15, 0.2) is 0 Å². The molecule has 0 aliphatic rings. The third kappa shape index (κ3) is 8.25. The first-order valence-corrected chi connectivity index (χ1v) is 16.8. The number of thiazole rings is 1. The molecule has 16 heteroatoms. The van der Waals surface area contributed by atoms with Crippen molar-refractivity contribution in [2.45, 2.75) is 0 Å². The maximum absolute atomic E-state index is 14.4. The molecule has 0 atom stereocenters. The van der Waals surface area contributed by atoms with Crippen LogP contribution in [0.2, 0.25) is 0 Å². The number of carbonyl (C=O) groups is 2. The number of carboxylic acid groups (broad SMARTS) is 1. The van der Waals surface area contributed by atoms with Gasteiger partial charge in [0.1, 0.15) is 21.6 Å². The van der Waals surface area contributed by atoms with Crippen LogP contribution in [0.15, 0.2) is 109 Å². The largest absolute Gasteiger partial charge is 0.497 e. The van der Waals surface area contributed by atoms with Gasteiger partial charge in [-0.25, -0.2) is 19.0 Å². The van der Waals surface area contributed by atoms with Crippen LogP contribution in [0.25, 0.3) is 44.1 Å². The highest BCUT2D eigenvalue weighted by Gasteiger charge is 2.23. The molecule has 0 aliphatic heterocycles. The van der Waals surface area contributed by atoms with Crippen LogP contribution in [0.3, 0.4) is 0 Å². The molecule has 0 saturated heterocycles. The van der Waals surface area contributed by atoms with E-state index < -0.39 is 27.6 Å². The van der Waals surface area contributed by atoms with E-state index in [4.69, 9.17) is 27.4 Å². The van der Waals surface area contributed by atoms with Crippen molar-refractivity contribution < 1.29 is 38.4 Å². The summed E-state index contributed by atoms with van der Waals surface area (Å²) in [5, 5.41) is 34.5. The highest BCUT2D eigenvalue weighted by Crippen LogP contribution is 2.37. The number of esters is 1. The van der Waals surface area contributed by atoms with Crippen LogP contribution < -0.4 is 10.5 Å². The summed E-state index contributed by atoms with van der Waals surface area (Å²) in [6.45, 7) is 0. The molecule has 272 valence electrons. The molecule has 6 rings (SSSR count). The zero-order chi connectivity index (χ0) is 39.1. The number of rotatable bonds is 10. The summed E-state index contributed by atoms with van der Waals surface area (Å²) in [4.78, 5) is 50.0. The number of nitrogens with two attached hydrogens (primary N) is 1. The Morgan fingerprint density at radius 3 is 1.91 bits per heavy atom. The van der Waals surface area contributed by atoms with Crippen molar-refractivity contribution in [2.24, 2.45) is 5.73 Å². The number of ether oxygens (including phenoxy) is 2. The molecule has 0 spiro atoms. The second-order valence-electron chi connectivity index (χ2n) is 11.1. The second kappa shape index (κ2) is 16.6. The molecule has 0 bridgehead atoms. The molecule has 0 saturated carbocycles. The molecule has 6 aromatic rings. The predicted octanol–water partition coefficient (Wildman–Crippen LogP) is 8.58. The number of hydrogen-bond acceptors (Lipinski definition) is 11. The van der Waals surface area contributed by atoms with Crippen LogP contribution in [0.5, 0.6) is 5.75 Å². The lowest BCUT2D eigenvalue weighted by atomic mass is 9.96. The summed E-state index contributed by atoms with van der Waals surface area (Å²) in [6, 6.07) is 25.8. The van der Waals surface area contributed by atoms with E-state index in [0.717, 1.165) is 0 Å². The second-order valence-corrected chi connectivity index (χ2v) is 12.4. The SMILES string of the molecule is COC(=O)c1cc(C(N)=S)ccc1-c1ccccc1[N+](=O)[O-].COc1ccc(-c2csc(-c3ccc(-c4ccccc4[N+](=O)[O-])c(C(=O)O)c3)n2)c(F)c1. The first-order chi connectivity index (χ1) is 25.8. The number of aromatic carboxylic acids is 1. The van der Waals surface area contributed by atoms with Crippen LogP contribution in [0.1, 0.15) is 26.3 Å². The lowest BCUT2D eigenvalue weighted by Gasteiger charge is -2.10. The maximum atomic E-state index is 14.4. The summed E-state index contributed by atoms with van der Waals surface area (Å²) in [7, 11) is 2.68. The van der Waals surface area contributed by atoms with E-state index in [-0.39, 0.29) is 38.6 Å². The van der Waals surface area contributed by atoms with E-state index in [1.54, 1.807) is 60.0 Å². The fourth-order valence-electron chi connectivity index (χ4n) is 5.38. The average molecular weight is 767 g/mol. The molecule has 5 aromatic carbocycles. The number of carbonyl (C=O) groups excluding carboxylic acids is 1. The van der Waals surface area contributed by atoms with Crippen molar-refractivity contribution in [3.05, 3.63) is 151 Å². The number of nitrogens with zero attached hydrogens (tertiary/aromatic N) is 3. The van der Waals surface area contributed by atoms with Gasteiger partial charge in [0.2, 0.25) is 0 Å². The summed E-state index contributed by atoms with van der Waals surface area (Å²) in [5.41, 5.74) is 8.19. The first kappa shape index (κ1) is 38.3. The number of carboxylic acids is 1. The average Bonchev–Trinajstić information content (AvgIpc) is 3.67. The molecule has 0 fully saturated rings. The summed E-state index contributed by atoms with van der Waals surface area (Å²) < 4.78 is 24.2. The lowest BCUT2D eigenvalue weighted by Crippen LogP contribution is -2.12. The highest BCUT2D eigenvalue weighted by molar-refractivity contribution is 7.80. The number of nitro benzene ring substituents is 2. The van der Waals surface area contributed by atoms with Gasteiger partial charge in [0, 0.05) is 51.4 Å². The topological polar surface area (TPSA) is 198 Å². The molecule has 3 N–H and O–H groups in total. The van der Waals surface area contributed by atoms with Crippen LogP contribution >= 0.6 is 23.6 Å². The highest BCUT2D eigenvalue weighted by atomic mass is 32.1. The van der Waals surface area contributed by atoms with Crippen LogP contribution in [-0.4, -0.2) is 51.1 Å². The van der Waals surface area contributed by atoms with Crippen LogP contribution in [-0.2, 0) is 4.74 Å². The summed E-state index contributed by atoms with van der Waals surface area (Å²) in [6.07, 6.45) is 0. The minimum atomic E-state index is -1.22. The maximum Gasteiger partial charge on any atom is 0.338 e. The van der Waals surface area contributed by atoms with Crippen molar-refractivity contribution in [3.63, 3.8) is 0 Å². The summed E-state index contributed by atoms with van der Waals surface area (Å²) in [5.74, 6) is -1.94. The number of hydrogen-bond donors (Lipinski definition) is 2. The van der Waals surface area contributed by atoms with E-state index >= 15 is 0 Å². The van der Waals surface area contributed by atoms with Gasteiger partial charge in [-0.3, -0.25) is 20.2 Å². The monoisotopic (exact) mass is 766 g/mol. The van der Waals surface area contributed by atoms with E-state index in [0.29, 0.717) is 44.3 Å². The third-order valence-electron chi connectivity index (χ3n) is 7.94. The Balaban J connectivity index is 0.000000223. The first-order valence-electron chi connectivity index (χ1n) is 15.5. The Bertz CT molecular complexity index is 2450. The number of nitro groups is 2. The van der Waals surface area contributed by atoms with Gasteiger partial charge in [0.25, 0.3) is 11.4 Å². The van der Waals surface area contributed by atoms with Crippen molar-refractivity contribution in [3.8, 4) is 49.8 Å². The molecule has 0 amide bonds. The standard InChI is InChI=1S/C23H15FN2O5S.C15H12N2O4S/c1-31-14-7-9-17(19(24)11-14)20-12-32-22(25-20)13-6-8-15(18(10-13)23(27)28)16-4-2-3-5-21(16)26(29)30;1-21-15(18)12-8-9(14(16)22)6-7-10(12)11-4-2-3-5-13(11)17(19)20/h2-12H,1H3,(H,27,28);2-8H,1H3,(H2,16,22). The Morgan fingerprint density at radius 1 is 0.796 bits per heavy atom. The van der Waals surface area contributed by atoms with Gasteiger partial charge in [-0.1, -0.05) is 60.7 Å². The van der Waals surface area contributed by atoms with Crippen LogP contribution in [0.4, 0.5) is 15.8 Å². The van der Waals surface area contributed by atoms with E-state index in [1.165, 1.54) is 74.1 Å². The van der Waals surface area contributed by atoms with Crippen LogP contribution in [0, 0.1) is 26.0 Å². The molecule has 1 aromatic heterocycles. The molecular weight excluding hydrogens is 740 g/mol. The molecular formula is C38H27FN4O9S2. The normalized spacial score (nSPS) is 10.4. The molecule has 1 heterocycles. The quantitative estimate of drug-likeness (QED) is 0.0584. The van der Waals surface area contributed by atoms with Gasteiger partial charge in [-0.15, -0.1) is 11.3 Å². The Morgan fingerprint density at radius 2 is 1.37 bits per heavy atom. The van der Waals surface area contributed by atoms with Gasteiger partial charge < -0.3 is 20.3 Å². The van der Waals surface area contributed by atoms with Gasteiger partial charge >= 0.3 is 11.9 Å². The van der Waals surface area contributed by atoms with Crippen molar-refractivity contribution >= 4 is 51.9 Å². The Hall–Kier alpha value is -6.91. The van der Waals surface area contributed by atoms with E-state index in [1.807, 2.05) is 0 Å². The number of para-hydroxylation sites is 2. The van der Waals surface area contributed by atoms with Gasteiger partial charge in [-0.2, -0.15) is 0 Å². The minimum absolute atomic E-state index is 0.0934. The zero-order valence-corrected chi connectivity index (χ0v) is 29.9. The Kier molecular flexibility index (Phi) is 11.8. The smallest absolute Gasteiger partial charge is 0.338 e. The fourth-order valence-corrected chi connectivity index (χ4v) is 6.33. The third-order valence-corrected chi connectivity index (χ3v) is 9.07. The number of methoxy groups -OCH3 is 2. The fraction of sp³-hybridized carbons (Fsp3) is 0.0526. The predicted molar refractivity (Wildman–Crippen MR) is 204 cm³/mol. The number of aromatic nitrogens is 1. The zero-order valence-electron chi connectivity index (χ0n) is 28.2. The van der Waals surface area contributed by atoms with Gasteiger partial charge in [0.05, 0.1) is 52.0 Å². The van der Waals surface area contributed by atoms with E-state index in [2.05, 4.69) is 4.98 Å². The molecule has 0 unspecified atom stereocenters. The molecule has 0 aliphatic carbocycles. The number of benzene rings is 5. The molecule has 0 radical (unpaired) electrons. The van der Waals surface area contributed by atoms with Crippen molar-refractivity contribution in [1.82, 2.24) is 4.98 Å². The number of thiocarbonyl (C=S) groups is 1. The van der Waals surface area contributed by atoms with Gasteiger partial charge in [-0.05, 0) is 36.4 Å². The Labute approximate surface area is 315 Å². The number of halogens is 1.